The van der Waals surface area contributed by atoms with E-state index in [9.17, 15) is 14.4 Å². The lowest BCUT2D eigenvalue weighted by molar-refractivity contribution is -0.129. The third kappa shape index (κ3) is 4.88. The molecule has 1 unspecified atom stereocenters. The van der Waals surface area contributed by atoms with Crippen LogP contribution in [-0.2, 0) is 16.0 Å². The predicted molar refractivity (Wildman–Crippen MR) is 107 cm³/mol. The van der Waals surface area contributed by atoms with E-state index in [4.69, 9.17) is 0 Å². The lowest BCUT2D eigenvalue weighted by Gasteiger charge is -2.30. The second kappa shape index (κ2) is 9.03. The molecule has 0 radical (unpaired) electrons. The van der Waals surface area contributed by atoms with Crippen LogP contribution in [0.15, 0.2) is 54.6 Å². The summed E-state index contributed by atoms with van der Waals surface area (Å²) in [7, 11) is 0. The summed E-state index contributed by atoms with van der Waals surface area (Å²) in [5.41, 5.74) is 7.54. The lowest BCUT2D eigenvalue weighted by atomic mass is 10.0. The molecule has 1 aliphatic rings. The summed E-state index contributed by atoms with van der Waals surface area (Å²) >= 11 is 0. The molecule has 0 spiro atoms. The Morgan fingerprint density at radius 1 is 1.00 bits per heavy atom. The molecule has 1 atom stereocenters. The third-order valence-electron chi connectivity index (χ3n) is 4.64. The largest absolute Gasteiger partial charge is 0.362 e. The number of para-hydroxylation sites is 1. The number of anilines is 1. The molecule has 0 fully saturated rings. The minimum absolute atomic E-state index is 0.155. The number of hydrogen-bond acceptors (Lipinski definition) is 4. The van der Waals surface area contributed by atoms with Gasteiger partial charge in [0.2, 0.25) is 0 Å². The highest BCUT2D eigenvalue weighted by atomic mass is 16.2. The van der Waals surface area contributed by atoms with Crippen LogP contribution in [-0.4, -0.2) is 36.9 Å². The SMILES string of the molecule is CC(NC(=O)c1ccccc1)C(=O)NNC(=O)CN1CCCc2ccccc21. The van der Waals surface area contributed by atoms with Crippen LogP contribution in [0.25, 0.3) is 0 Å². The molecule has 3 N–H and O–H groups in total. The van der Waals surface area contributed by atoms with E-state index in [-0.39, 0.29) is 18.4 Å². The summed E-state index contributed by atoms with van der Waals surface area (Å²) in [5.74, 6) is -1.15. The Labute approximate surface area is 164 Å². The van der Waals surface area contributed by atoms with Crippen molar-refractivity contribution in [1.29, 1.82) is 0 Å². The molecule has 1 heterocycles. The first-order valence-corrected chi connectivity index (χ1v) is 9.32. The first-order chi connectivity index (χ1) is 13.5. The number of fused-ring (bicyclic) bond motifs is 1. The Morgan fingerprint density at radius 2 is 1.71 bits per heavy atom. The van der Waals surface area contributed by atoms with Gasteiger partial charge in [-0.1, -0.05) is 36.4 Å². The zero-order valence-electron chi connectivity index (χ0n) is 15.8. The van der Waals surface area contributed by atoms with Crippen molar-refractivity contribution < 1.29 is 14.4 Å². The Bertz CT molecular complexity index is 854. The standard InChI is InChI=1S/C21H24N4O3/c1-15(22-21(28)17-9-3-2-4-10-17)20(27)24-23-19(26)14-25-13-7-11-16-8-5-6-12-18(16)25/h2-6,8-10,12,15H,7,11,13-14H2,1H3,(H,22,28)(H,23,26)(H,24,27). The van der Waals surface area contributed by atoms with Crippen LogP contribution in [0.5, 0.6) is 0 Å². The van der Waals surface area contributed by atoms with Gasteiger partial charge in [-0.25, -0.2) is 0 Å². The van der Waals surface area contributed by atoms with Gasteiger partial charge in [-0.05, 0) is 43.5 Å². The lowest BCUT2D eigenvalue weighted by Crippen LogP contribution is -2.53. The number of rotatable bonds is 5. The molecule has 2 aromatic carbocycles. The first-order valence-electron chi connectivity index (χ1n) is 9.32. The number of aryl methyl sites for hydroxylation is 1. The van der Waals surface area contributed by atoms with E-state index in [2.05, 4.69) is 22.2 Å². The quantitative estimate of drug-likeness (QED) is 0.684. The smallest absolute Gasteiger partial charge is 0.260 e. The second-order valence-electron chi connectivity index (χ2n) is 6.75. The van der Waals surface area contributed by atoms with E-state index in [0.29, 0.717) is 5.56 Å². The van der Waals surface area contributed by atoms with Crippen molar-refractivity contribution in [2.75, 3.05) is 18.0 Å². The predicted octanol–water partition coefficient (Wildman–Crippen LogP) is 1.41. The summed E-state index contributed by atoms with van der Waals surface area (Å²) in [4.78, 5) is 38.5. The fourth-order valence-electron chi connectivity index (χ4n) is 3.16. The molecule has 1 aliphatic heterocycles. The summed E-state index contributed by atoms with van der Waals surface area (Å²) in [5, 5.41) is 2.60. The number of nitrogens with one attached hydrogen (secondary N) is 3. The van der Waals surface area contributed by atoms with Crippen LogP contribution in [0.2, 0.25) is 0 Å². The van der Waals surface area contributed by atoms with E-state index in [1.54, 1.807) is 31.2 Å². The van der Waals surface area contributed by atoms with Crippen molar-refractivity contribution in [3.8, 4) is 0 Å². The van der Waals surface area contributed by atoms with Crippen molar-refractivity contribution in [2.45, 2.75) is 25.8 Å². The van der Waals surface area contributed by atoms with Crippen molar-refractivity contribution in [2.24, 2.45) is 0 Å². The maximum atomic E-state index is 12.2. The van der Waals surface area contributed by atoms with Crippen molar-refractivity contribution in [1.82, 2.24) is 16.2 Å². The average Bonchev–Trinajstić information content (AvgIpc) is 2.73. The fraction of sp³-hybridized carbons (Fsp3) is 0.286. The molecular formula is C21H24N4O3. The van der Waals surface area contributed by atoms with Crippen LogP contribution in [0.4, 0.5) is 5.69 Å². The Balaban J connectivity index is 1.47. The summed E-state index contributed by atoms with van der Waals surface area (Å²) in [6.45, 7) is 2.51. The van der Waals surface area contributed by atoms with Crippen LogP contribution in [0, 0.1) is 0 Å². The van der Waals surface area contributed by atoms with Crippen molar-refractivity contribution in [3.63, 3.8) is 0 Å². The van der Waals surface area contributed by atoms with Crippen LogP contribution < -0.4 is 21.1 Å². The average molecular weight is 380 g/mol. The number of hydrazine groups is 1. The van der Waals surface area contributed by atoms with E-state index < -0.39 is 11.9 Å². The molecule has 0 bridgehead atoms. The zero-order valence-corrected chi connectivity index (χ0v) is 15.8. The monoisotopic (exact) mass is 380 g/mol. The molecule has 3 rings (SSSR count). The Morgan fingerprint density at radius 3 is 2.50 bits per heavy atom. The fourth-order valence-corrected chi connectivity index (χ4v) is 3.16. The molecule has 2 aromatic rings. The summed E-state index contributed by atoms with van der Waals surface area (Å²) in [6, 6.07) is 15.9. The molecule has 28 heavy (non-hydrogen) atoms. The van der Waals surface area contributed by atoms with Crippen LogP contribution >= 0.6 is 0 Å². The van der Waals surface area contributed by atoms with Gasteiger partial charge in [0.05, 0.1) is 6.54 Å². The molecule has 3 amide bonds. The molecule has 0 aromatic heterocycles. The van der Waals surface area contributed by atoms with E-state index >= 15 is 0 Å². The van der Waals surface area contributed by atoms with Crippen molar-refractivity contribution in [3.05, 3.63) is 65.7 Å². The van der Waals surface area contributed by atoms with Gasteiger partial charge < -0.3 is 10.2 Å². The summed E-state index contributed by atoms with van der Waals surface area (Å²) < 4.78 is 0. The number of benzene rings is 2. The number of carbonyl (C=O) groups is 3. The molecule has 0 saturated heterocycles. The van der Waals surface area contributed by atoms with Crippen molar-refractivity contribution >= 4 is 23.4 Å². The molecular weight excluding hydrogens is 356 g/mol. The van der Waals surface area contributed by atoms with E-state index in [1.165, 1.54) is 5.56 Å². The molecule has 7 nitrogen and oxygen atoms in total. The van der Waals surface area contributed by atoms with Crippen LogP contribution in [0.1, 0.15) is 29.3 Å². The maximum absolute atomic E-state index is 12.2. The minimum Gasteiger partial charge on any atom is -0.362 e. The molecule has 146 valence electrons. The third-order valence-corrected chi connectivity index (χ3v) is 4.64. The van der Waals surface area contributed by atoms with Gasteiger partial charge in [0, 0.05) is 17.8 Å². The Kier molecular flexibility index (Phi) is 6.26. The highest BCUT2D eigenvalue weighted by Gasteiger charge is 2.20. The zero-order chi connectivity index (χ0) is 19.9. The van der Waals surface area contributed by atoms with Gasteiger partial charge >= 0.3 is 0 Å². The number of hydrogen-bond donors (Lipinski definition) is 3. The Hall–Kier alpha value is -3.35. The maximum Gasteiger partial charge on any atom is 0.260 e. The molecule has 7 heteroatoms. The minimum atomic E-state index is -0.788. The molecule has 0 aliphatic carbocycles. The normalized spacial score (nSPS) is 13.8. The van der Waals surface area contributed by atoms with Gasteiger partial charge in [-0.2, -0.15) is 0 Å². The van der Waals surface area contributed by atoms with Gasteiger partial charge in [-0.3, -0.25) is 25.2 Å². The summed E-state index contributed by atoms with van der Waals surface area (Å²) in [6.07, 6.45) is 1.99. The molecule has 0 saturated carbocycles. The van der Waals surface area contributed by atoms with Gasteiger partial charge in [0.1, 0.15) is 6.04 Å². The highest BCUT2D eigenvalue weighted by Crippen LogP contribution is 2.26. The topological polar surface area (TPSA) is 90.5 Å². The number of carbonyl (C=O) groups excluding carboxylic acids is 3. The van der Waals surface area contributed by atoms with E-state index in [0.717, 1.165) is 25.1 Å². The second-order valence-corrected chi connectivity index (χ2v) is 6.75. The number of nitrogens with zero attached hydrogens (tertiary/aromatic N) is 1. The first kappa shape index (κ1) is 19.4. The van der Waals surface area contributed by atoms with Crippen LogP contribution in [0.3, 0.4) is 0 Å². The number of amides is 3. The highest BCUT2D eigenvalue weighted by molar-refractivity contribution is 5.97. The van der Waals surface area contributed by atoms with Gasteiger partial charge in [0.15, 0.2) is 0 Å². The van der Waals surface area contributed by atoms with Gasteiger partial charge in [-0.15, -0.1) is 0 Å². The van der Waals surface area contributed by atoms with E-state index in [1.807, 2.05) is 29.2 Å². The van der Waals surface area contributed by atoms with Gasteiger partial charge in [0.25, 0.3) is 17.7 Å².